The predicted octanol–water partition coefficient (Wildman–Crippen LogP) is 5.98. The van der Waals surface area contributed by atoms with Crippen LogP contribution in [0, 0.1) is 17.2 Å². The Morgan fingerprint density at radius 3 is 2.05 bits per heavy atom. The molecule has 0 aromatic heterocycles. The molecule has 0 radical (unpaired) electrons. The molecule has 3 aromatic rings. The summed E-state index contributed by atoms with van der Waals surface area (Å²) in [7, 11) is 0. The van der Waals surface area contributed by atoms with Gasteiger partial charge in [0.15, 0.2) is 0 Å². The molecule has 2 aliphatic rings. The third-order valence-corrected chi connectivity index (χ3v) is 7.47. The number of morpholine rings is 1. The standard InChI is InChI=1S/C29H24Cl2N2O4/c30-22-11-7-19(8-12-22)25-27(21-9-13-23(31)14-10-21)37-24(15-17-1-3-18(16-32)4-2-17)28(34)33(25)26(29(35)36)20-5-6-20/h1-4,7-14,20,24-27H,5-6,15H2,(H,35,36). The molecule has 1 aliphatic heterocycles. The first-order valence-corrected chi connectivity index (χ1v) is 12.8. The molecule has 1 aliphatic carbocycles. The summed E-state index contributed by atoms with van der Waals surface area (Å²) in [6.45, 7) is 0. The lowest BCUT2D eigenvalue weighted by molar-refractivity contribution is -0.185. The van der Waals surface area contributed by atoms with Crippen molar-refractivity contribution in [1.29, 1.82) is 5.26 Å². The fourth-order valence-electron chi connectivity index (χ4n) is 5.00. The minimum absolute atomic E-state index is 0.115. The summed E-state index contributed by atoms with van der Waals surface area (Å²) >= 11 is 12.3. The van der Waals surface area contributed by atoms with E-state index in [1.165, 1.54) is 4.90 Å². The quantitative estimate of drug-likeness (QED) is 0.402. The van der Waals surface area contributed by atoms with Gasteiger partial charge in [-0.3, -0.25) is 4.79 Å². The van der Waals surface area contributed by atoms with Crippen LogP contribution in [0.2, 0.25) is 10.0 Å². The highest BCUT2D eigenvalue weighted by Gasteiger charge is 2.52. The number of benzene rings is 3. The number of amides is 1. The number of rotatable bonds is 7. The number of nitriles is 1. The van der Waals surface area contributed by atoms with Crippen LogP contribution >= 0.6 is 23.2 Å². The highest BCUT2D eigenvalue weighted by molar-refractivity contribution is 6.30. The summed E-state index contributed by atoms with van der Waals surface area (Å²) in [6.07, 6.45) is 0.204. The zero-order chi connectivity index (χ0) is 26.1. The maximum Gasteiger partial charge on any atom is 0.326 e. The highest BCUT2D eigenvalue weighted by Crippen LogP contribution is 2.47. The number of hydrogen-bond acceptors (Lipinski definition) is 4. The third kappa shape index (κ3) is 5.35. The number of halogens is 2. The molecule has 4 atom stereocenters. The second-order valence-corrected chi connectivity index (χ2v) is 10.3. The Morgan fingerprint density at radius 1 is 0.973 bits per heavy atom. The van der Waals surface area contributed by atoms with Crippen LogP contribution in [0.1, 0.15) is 47.2 Å². The minimum Gasteiger partial charge on any atom is -0.480 e. The van der Waals surface area contributed by atoms with Crippen LogP contribution in [0.15, 0.2) is 72.8 Å². The van der Waals surface area contributed by atoms with Crippen molar-refractivity contribution in [2.75, 3.05) is 0 Å². The summed E-state index contributed by atoms with van der Waals surface area (Å²) in [4.78, 5) is 28.2. The van der Waals surface area contributed by atoms with Crippen molar-refractivity contribution in [3.05, 3.63) is 105 Å². The van der Waals surface area contributed by atoms with E-state index in [9.17, 15) is 14.7 Å². The molecule has 5 rings (SSSR count). The first-order valence-electron chi connectivity index (χ1n) is 12.1. The first-order chi connectivity index (χ1) is 17.9. The molecule has 2 fully saturated rings. The molecule has 188 valence electrons. The van der Waals surface area contributed by atoms with Crippen LogP contribution in [0.3, 0.4) is 0 Å². The summed E-state index contributed by atoms with van der Waals surface area (Å²) in [5, 5.41) is 20.5. The molecule has 1 amide bonds. The van der Waals surface area contributed by atoms with Crippen LogP contribution in [0.4, 0.5) is 0 Å². The van der Waals surface area contributed by atoms with Gasteiger partial charge in [-0.1, -0.05) is 59.6 Å². The van der Waals surface area contributed by atoms with Crippen molar-refractivity contribution in [3.8, 4) is 6.07 Å². The Labute approximate surface area is 225 Å². The number of aliphatic carboxylic acids is 1. The number of ether oxygens (including phenoxy) is 1. The molecule has 1 N–H and O–H groups in total. The van der Waals surface area contributed by atoms with Gasteiger partial charge in [-0.25, -0.2) is 4.79 Å². The average Bonchev–Trinajstić information content (AvgIpc) is 3.73. The summed E-state index contributed by atoms with van der Waals surface area (Å²) in [5.74, 6) is -1.51. The van der Waals surface area contributed by atoms with E-state index in [2.05, 4.69) is 6.07 Å². The normalized spacial score (nSPS) is 22.4. The number of carboxylic acids is 1. The van der Waals surface area contributed by atoms with Crippen molar-refractivity contribution in [3.63, 3.8) is 0 Å². The lowest BCUT2D eigenvalue weighted by Gasteiger charge is -2.47. The number of carboxylic acid groups (broad SMARTS) is 1. The summed E-state index contributed by atoms with van der Waals surface area (Å²) < 4.78 is 6.52. The fourth-order valence-corrected chi connectivity index (χ4v) is 5.25. The van der Waals surface area contributed by atoms with E-state index in [-0.39, 0.29) is 18.2 Å². The van der Waals surface area contributed by atoms with Gasteiger partial charge < -0.3 is 14.7 Å². The molecular weight excluding hydrogens is 511 g/mol. The van der Waals surface area contributed by atoms with Crippen LogP contribution < -0.4 is 0 Å². The smallest absolute Gasteiger partial charge is 0.326 e. The van der Waals surface area contributed by atoms with E-state index < -0.39 is 30.3 Å². The van der Waals surface area contributed by atoms with E-state index in [0.717, 1.165) is 29.5 Å². The number of hydrogen-bond donors (Lipinski definition) is 1. The van der Waals surface area contributed by atoms with Crippen molar-refractivity contribution >= 4 is 35.1 Å². The molecule has 1 heterocycles. The molecule has 1 saturated heterocycles. The number of nitrogens with zero attached hydrogens (tertiary/aromatic N) is 2. The molecule has 37 heavy (non-hydrogen) atoms. The lowest BCUT2D eigenvalue weighted by Crippen LogP contribution is -2.58. The van der Waals surface area contributed by atoms with Crippen molar-refractivity contribution < 1.29 is 19.4 Å². The number of carbonyl (C=O) groups excluding carboxylic acids is 1. The van der Waals surface area contributed by atoms with E-state index in [1.54, 1.807) is 48.5 Å². The van der Waals surface area contributed by atoms with E-state index in [0.29, 0.717) is 15.6 Å². The number of carbonyl (C=O) groups is 2. The third-order valence-electron chi connectivity index (χ3n) is 6.96. The zero-order valence-electron chi connectivity index (χ0n) is 19.8. The van der Waals surface area contributed by atoms with Gasteiger partial charge in [-0.2, -0.15) is 5.26 Å². The van der Waals surface area contributed by atoms with Crippen molar-refractivity contribution in [1.82, 2.24) is 4.90 Å². The van der Waals surface area contributed by atoms with Crippen LogP contribution in [-0.2, 0) is 20.7 Å². The Kier molecular flexibility index (Phi) is 7.21. The highest BCUT2D eigenvalue weighted by atomic mass is 35.5. The Balaban J connectivity index is 1.61. The van der Waals surface area contributed by atoms with Gasteiger partial charge in [0.25, 0.3) is 5.91 Å². The second-order valence-electron chi connectivity index (χ2n) is 9.47. The molecule has 0 spiro atoms. The Hall–Kier alpha value is -3.37. The van der Waals surface area contributed by atoms with Gasteiger partial charge >= 0.3 is 5.97 Å². The molecule has 3 aromatic carbocycles. The van der Waals surface area contributed by atoms with E-state index in [1.807, 2.05) is 24.3 Å². The maximum absolute atomic E-state index is 14.1. The Bertz CT molecular complexity index is 1330. The fraction of sp³-hybridized carbons (Fsp3) is 0.276. The predicted molar refractivity (Wildman–Crippen MR) is 139 cm³/mol. The Morgan fingerprint density at radius 2 is 1.54 bits per heavy atom. The van der Waals surface area contributed by atoms with E-state index >= 15 is 0 Å². The summed E-state index contributed by atoms with van der Waals surface area (Å²) in [6, 6.07) is 21.7. The largest absolute Gasteiger partial charge is 0.480 e. The monoisotopic (exact) mass is 534 g/mol. The van der Waals surface area contributed by atoms with Crippen molar-refractivity contribution in [2.45, 2.75) is 43.6 Å². The topological polar surface area (TPSA) is 90.6 Å². The molecule has 8 heteroatoms. The van der Waals surface area contributed by atoms with Crippen LogP contribution in [0.25, 0.3) is 0 Å². The van der Waals surface area contributed by atoms with E-state index in [4.69, 9.17) is 33.2 Å². The van der Waals surface area contributed by atoms with Gasteiger partial charge in [0.1, 0.15) is 18.2 Å². The van der Waals surface area contributed by atoms with Gasteiger partial charge in [0.2, 0.25) is 0 Å². The zero-order valence-corrected chi connectivity index (χ0v) is 21.3. The molecule has 1 saturated carbocycles. The summed E-state index contributed by atoms with van der Waals surface area (Å²) in [5.41, 5.74) is 2.85. The molecule has 4 unspecified atom stereocenters. The SMILES string of the molecule is N#Cc1ccc(CC2OC(c3ccc(Cl)cc3)C(c3ccc(Cl)cc3)N(C(C(=O)O)C3CC3)C2=O)cc1. The minimum atomic E-state index is -1.02. The maximum atomic E-state index is 14.1. The van der Waals surface area contributed by atoms with Gasteiger partial charge in [0, 0.05) is 16.5 Å². The van der Waals surface area contributed by atoms with Crippen LogP contribution in [0.5, 0.6) is 0 Å². The van der Waals surface area contributed by atoms with Gasteiger partial charge in [-0.05, 0) is 71.8 Å². The van der Waals surface area contributed by atoms with Gasteiger partial charge in [-0.15, -0.1) is 0 Å². The molecule has 6 nitrogen and oxygen atoms in total. The molecule has 0 bridgehead atoms. The van der Waals surface area contributed by atoms with Crippen LogP contribution in [-0.4, -0.2) is 34.0 Å². The molecular formula is C29H24Cl2N2O4. The average molecular weight is 535 g/mol. The van der Waals surface area contributed by atoms with Gasteiger partial charge in [0.05, 0.1) is 17.7 Å². The lowest BCUT2D eigenvalue weighted by atomic mass is 9.88. The first kappa shape index (κ1) is 25.3. The second kappa shape index (κ2) is 10.5. The van der Waals surface area contributed by atoms with Crippen molar-refractivity contribution in [2.24, 2.45) is 5.92 Å².